The normalized spacial score (nSPS) is 12.5. The maximum atomic E-state index is 13.1. The summed E-state index contributed by atoms with van der Waals surface area (Å²) < 4.78 is 9.03. The Morgan fingerprint density at radius 2 is 1.71 bits per heavy atom. The first-order valence-electron chi connectivity index (χ1n) is 11.3. The lowest BCUT2D eigenvalue weighted by Crippen LogP contribution is -2.27. The van der Waals surface area contributed by atoms with Crippen molar-refractivity contribution in [2.24, 2.45) is 7.05 Å². The summed E-state index contributed by atoms with van der Waals surface area (Å²) in [5.74, 6) is 0.0699. The number of carbonyl (C=O) groups excluding carboxylic acids is 1. The van der Waals surface area contributed by atoms with Crippen LogP contribution >= 0.6 is 11.8 Å². The molecule has 35 heavy (non-hydrogen) atoms. The highest BCUT2D eigenvalue weighted by atomic mass is 32.2. The zero-order chi connectivity index (χ0) is 25.3. The van der Waals surface area contributed by atoms with E-state index in [4.69, 9.17) is 4.42 Å². The van der Waals surface area contributed by atoms with E-state index in [1.54, 1.807) is 25.6 Å². The van der Waals surface area contributed by atoms with Crippen LogP contribution in [0, 0.1) is 6.92 Å². The van der Waals surface area contributed by atoms with E-state index in [2.05, 4.69) is 36.3 Å². The predicted molar refractivity (Wildman–Crippen MR) is 138 cm³/mol. The number of nitrogens with one attached hydrogen (secondary N) is 1. The van der Waals surface area contributed by atoms with Crippen LogP contribution in [0.15, 0.2) is 69.0 Å². The SMILES string of the molecule is Cc1c(NC(=O)[C@@H](C)Sc2nnc(-c3ccc(C(C)(C)C)cc3)o2)c(=O)n(-c2ccccc2)n1C. The number of rotatable bonds is 6. The highest BCUT2D eigenvalue weighted by Gasteiger charge is 2.23. The van der Waals surface area contributed by atoms with Crippen molar-refractivity contribution in [3.8, 4) is 17.1 Å². The van der Waals surface area contributed by atoms with Gasteiger partial charge in [0.25, 0.3) is 10.8 Å². The molecule has 1 N–H and O–H groups in total. The molecule has 2 heterocycles. The first-order valence-corrected chi connectivity index (χ1v) is 12.2. The van der Waals surface area contributed by atoms with Gasteiger partial charge in [-0.25, -0.2) is 4.68 Å². The number of thioether (sulfide) groups is 1. The molecule has 0 fully saturated rings. The second-order valence-electron chi connectivity index (χ2n) is 9.39. The van der Waals surface area contributed by atoms with Gasteiger partial charge in [0, 0.05) is 12.6 Å². The summed E-state index contributed by atoms with van der Waals surface area (Å²) >= 11 is 1.14. The van der Waals surface area contributed by atoms with Gasteiger partial charge in [-0.05, 0) is 49.1 Å². The van der Waals surface area contributed by atoms with Crippen molar-refractivity contribution >= 4 is 23.4 Å². The van der Waals surface area contributed by atoms with Gasteiger partial charge >= 0.3 is 0 Å². The van der Waals surface area contributed by atoms with Crippen molar-refractivity contribution in [2.75, 3.05) is 5.32 Å². The Balaban J connectivity index is 1.47. The molecule has 1 amide bonds. The van der Waals surface area contributed by atoms with Crippen LogP contribution in [0.25, 0.3) is 17.1 Å². The second kappa shape index (κ2) is 9.58. The maximum absolute atomic E-state index is 13.1. The van der Waals surface area contributed by atoms with E-state index >= 15 is 0 Å². The minimum atomic E-state index is -0.559. The molecule has 0 aliphatic carbocycles. The Morgan fingerprint density at radius 3 is 2.34 bits per heavy atom. The lowest BCUT2D eigenvalue weighted by Gasteiger charge is -2.18. The molecule has 0 spiro atoms. The summed E-state index contributed by atoms with van der Waals surface area (Å²) in [5, 5.41) is 10.7. The van der Waals surface area contributed by atoms with Gasteiger partial charge in [0.2, 0.25) is 11.8 Å². The van der Waals surface area contributed by atoms with Crippen LogP contribution in [0.4, 0.5) is 5.69 Å². The third kappa shape index (κ3) is 5.09. The highest BCUT2D eigenvalue weighted by molar-refractivity contribution is 8.00. The third-order valence-electron chi connectivity index (χ3n) is 5.85. The number of hydrogen-bond acceptors (Lipinski definition) is 6. The molecule has 2 aromatic heterocycles. The largest absolute Gasteiger partial charge is 0.411 e. The Kier molecular flexibility index (Phi) is 6.71. The van der Waals surface area contributed by atoms with Gasteiger partial charge in [0.15, 0.2) is 0 Å². The number of amides is 1. The number of anilines is 1. The van der Waals surface area contributed by atoms with Crippen LogP contribution in [0.3, 0.4) is 0 Å². The molecular weight excluding hydrogens is 462 g/mol. The fourth-order valence-electron chi connectivity index (χ4n) is 3.63. The van der Waals surface area contributed by atoms with Crippen LogP contribution in [-0.2, 0) is 17.3 Å². The van der Waals surface area contributed by atoms with Gasteiger partial charge in [-0.2, -0.15) is 0 Å². The second-order valence-corrected chi connectivity index (χ2v) is 10.7. The molecular formula is C26H29N5O3S. The number of para-hydroxylation sites is 1. The molecule has 9 heteroatoms. The number of hydrogen-bond donors (Lipinski definition) is 1. The number of carbonyl (C=O) groups is 1. The Labute approximate surface area is 208 Å². The van der Waals surface area contributed by atoms with Crippen molar-refractivity contribution in [3.05, 3.63) is 76.2 Å². The lowest BCUT2D eigenvalue weighted by atomic mass is 9.87. The Hall–Kier alpha value is -3.59. The number of aromatic nitrogens is 4. The molecule has 0 bridgehead atoms. The maximum Gasteiger partial charge on any atom is 0.295 e. The van der Waals surface area contributed by atoms with Gasteiger partial charge in [-0.15, -0.1) is 10.2 Å². The number of benzene rings is 2. The fraction of sp³-hybridized carbons (Fsp3) is 0.308. The molecule has 4 aromatic rings. The van der Waals surface area contributed by atoms with E-state index < -0.39 is 5.25 Å². The Bertz CT molecular complexity index is 1400. The summed E-state index contributed by atoms with van der Waals surface area (Å²) in [6.07, 6.45) is 0. The predicted octanol–water partition coefficient (Wildman–Crippen LogP) is 4.95. The molecule has 182 valence electrons. The van der Waals surface area contributed by atoms with E-state index in [1.165, 1.54) is 10.2 Å². The lowest BCUT2D eigenvalue weighted by molar-refractivity contribution is -0.115. The van der Waals surface area contributed by atoms with E-state index in [-0.39, 0.29) is 27.8 Å². The molecule has 1 atom stereocenters. The van der Waals surface area contributed by atoms with Crippen LogP contribution in [0.5, 0.6) is 0 Å². The summed E-state index contributed by atoms with van der Waals surface area (Å²) in [6.45, 7) is 10.00. The van der Waals surface area contributed by atoms with Gasteiger partial charge in [-0.1, -0.05) is 62.9 Å². The fourth-order valence-corrected chi connectivity index (χ4v) is 4.31. The molecule has 0 saturated carbocycles. The molecule has 0 unspecified atom stereocenters. The van der Waals surface area contributed by atoms with Crippen LogP contribution < -0.4 is 10.9 Å². The summed E-state index contributed by atoms with van der Waals surface area (Å²) in [6, 6.07) is 17.3. The molecule has 2 aromatic carbocycles. The van der Waals surface area contributed by atoms with Gasteiger partial charge in [0.1, 0.15) is 5.69 Å². The quantitative estimate of drug-likeness (QED) is 0.384. The van der Waals surface area contributed by atoms with Crippen molar-refractivity contribution in [1.29, 1.82) is 0 Å². The van der Waals surface area contributed by atoms with Gasteiger partial charge in [0.05, 0.1) is 16.6 Å². The van der Waals surface area contributed by atoms with Crippen LogP contribution in [0.2, 0.25) is 0 Å². The first-order chi connectivity index (χ1) is 16.6. The minimum Gasteiger partial charge on any atom is -0.411 e. The molecule has 0 radical (unpaired) electrons. The van der Waals surface area contributed by atoms with Crippen molar-refractivity contribution in [1.82, 2.24) is 19.6 Å². The van der Waals surface area contributed by atoms with E-state index in [0.29, 0.717) is 11.6 Å². The topological polar surface area (TPSA) is 95.0 Å². The van der Waals surface area contributed by atoms with E-state index in [9.17, 15) is 9.59 Å². The third-order valence-corrected chi connectivity index (χ3v) is 6.79. The summed E-state index contributed by atoms with van der Waals surface area (Å²) in [5.41, 5.74) is 3.42. The average Bonchev–Trinajstić information content (AvgIpc) is 3.37. The monoisotopic (exact) mass is 491 g/mol. The van der Waals surface area contributed by atoms with E-state index in [0.717, 1.165) is 23.0 Å². The van der Waals surface area contributed by atoms with Crippen molar-refractivity contribution in [3.63, 3.8) is 0 Å². The molecule has 0 aliphatic rings. The summed E-state index contributed by atoms with van der Waals surface area (Å²) in [4.78, 5) is 26.0. The minimum absolute atomic E-state index is 0.0542. The van der Waals surface area contributed by atoms with Crippen molar-refractivity contribution in [2.45, 2.75) is 50.5 Å². The molecule has 8 nitrogen and oxygen atoms in total. The Morgan fingerprint density at radius 1 is 1.06 bits per heavy atom. The van der Waals surface area contributed by atoms with Gasteiger partial charge in [-0.3, -0.25) is 14.3 Å². The van der Waals surface area contributed by atoms with E-state index in [1.807, 2.05) is 54.6 Å². The summed E-state index contributed by atoms with van der Waals surface area (Å²) in [7, 11) is 1.78. The zero-order valence-corrected chi connectivity index (χ0v) is 21.5. The molecule has 0 aliphatic heterocycles. The van der Waals surface area contributed by atoms with Crippen LogP contribution in [-0.4, -0.2) is 30.7 Å². The average molecular weight is 492 g/mol. The molecule has 4 rings (SSSR count). The first kappa shape index (κ1) is 24.5. The molecule has 0 saturated heterocycles. The highest BCUT2D eigenvalue weighted by Crippen LogP contribution is 2.29. The van der Waals surface area contributed by atoms with Crippen molar-refractivity contribution < 1.29 is 9.21 Å². The zero-order valence-electron chi connectivity index (χ0n) is 20.7. The van der Waals surface area contributed by atoms with Gasteiger partial charge < -0.3 is 9.73 Å². The standard InChI is InChI=1S/C26H29N5O3S/c1-16-21(24(33)31(30(16)6)20-10-8-7-9-11-20)27-22(32)17(2)35-25-29-28-23(34-25)18-12-14-19(15-13-18)26(3,4)5/h7-15,17H,1-6H3,(H,27,32)/t17-/m1/s1. The number of nitrogens with zero attached hydrogens (tertiary/aromatic N) is 4. The smallest absolute Gasteiger partial charge is 0.295 e. The van der Waals surface area contributed by atoms with Crippen LogP contribution in [0.1, 0.15) is 39.0 Å².